The summed E-state index contributed by atoms with van der Waals surface area (Å²) in [6.45, 7) is 0.322. The summed E-state index contributed by atoms with van der Waals surface area (Å²) >= 11 is 7.41. The van der Waals surface area contributed by atoms with Gasteiger partial charge in [0.25, 0.3) is 0 Å². The molecule has 0 amide bonds. The average Bonchev–Trinajstić information content (AvgIpc) is 2.20. The number of rotatable bonds is 4. The zero-order valence-corrected chi connectivity index (χ0v) is 10.5. The van der Waals surface area contributed by atoms with Gasteiger partial charge in [0.05, 0.1) is 9.13 Å². The van der Waals surface area contributed by atoms with Crippen LogP contribution in [0.2, 0.25) is 0 Å². The molecule has 0 aromatic heterocycles. The summed E-state index contributed by atoms with van der Waals surface area (Å²) in [4.78, 5) is 10.7. The van der Waals surface area contributed by atoms with Gasteiger partial charge in [-0.05, 0) is 46.9 Å². The van der Waals surface area contributed by atoms with Crippen molar-refractivity contribution in [2.75, 3.05) is 6.61 Å². The number of carbonyl (C=O) groups is 1. The van der Waals surface area contributed by atoms with Crippen molar-refractivity contribution in [3.63, 3.8) is 0 Å². The van der Waals surface area contributed by atoms with Crippen molar-refractivity contribution in [2.24, 2.45) is 0 Å². The molecule has 0 saturated heterocycles. The summed E-state index contributed by atoms with van der Waals surface area (Å²) in [6, 6.07) is 4.73. The standard InChI is InChI=1S/C10H8ClIO3/c11-4-1-5-15-9-6-7(10(13)14)2-3-8(9)12/h1-4,6H,5H2,(H,13,14)/b4-1+. The predicted octanol–water partition coefficient (Wildman–Crippen LogP) is 3.12. The Balaban J connectivity index is 2.85. The van der Waals surface area contributed by atoms with E-state index in [1.807, 2.05) is 0 Å². The summed E-state index contributed by atoms with van der Waals surface area (Å²) in [5, 5.41) is 8.78. The number of carboxylic acid groups (broad SMARTS) is 1. The fourth-order valence-electron chi connectivity index (χ4n) is 0.921. The van der Waals surface area contributed by atoms with Crippen LogP contribution in [0.5, 0.6) is 5.75 Å². The van der Waals surface area contributed by atoms with Crippen molar-refractivity contribution in [2.45, 2.75) is 0 Å². The topological polar surface area (TPSA) is 46.5 Å². The van der Waals surface area contributed by atoms with Crippen molar-refractivity contribution >= 4 is 40.2 Å². The smallest absolute Gasteiger partial charge is 0.335 e. The molecule has 1 aromatic rings. The van der Waals surface area contributed by atoms with Gasteiger partial charge >= 0.3 is 5.97 Å². The van der Waals surface area contributed by atoms with Gasteiger partial charge in [-0.3, -0.25) is 0 Å². The molecule has 0 aliphatic rings. The SMILES string of the molecule is O=C(O)c1ccc(I)c(OC/C=C/Cl)c1. The Labute approximate surface area is 106 Å². The van der Waals surface area contributed by atoms with E-state index in [4.69, 9.17) is 21.4 Å². The van der Waals surface area contributed by atoms with Gasteiger partial charge in [-0.2, -0.15) is 0 Å². The molecule has 0 fully saturated rings. The summed E-state index contributed by atoms with van der Waals surface area (Å²) in [5.41, 5.74) is 1.56. The average molecular weight is 339 g/mol. The van der Waals surface area contributed by atoms with E-state index in [1.165, 1.54) is 17.7 Å². The normalized spacial score (nSPS) is 10.5. The predicted molar refractivity (Wildman–Crippen MR) is 66.6 cm³/mol. The van der Waals surface area contributed by atoms with Gasteiger partial charge in [-0.15, -0.1) is 0 Å². The lowest BCUT2D eigenvalue weighted by Crippen LogP contribution is -2.00. The first kappa shape index (κ1) is 12.3. The Morgan fingerprint density at radius 3 is 2.93 bits per heavy atom. The number of ether oxygens (including phenoxy) is 1. The van der Waals surface area contributed by atoms with Crippen LogP contribution in [0.4, 0.5) is 0 Å². The molecular formula is C10H8ClIO3. The number of benzene rings is 1. The second-order valence-corrected chi connectivity index (χ2v) is 4.04. The Bertz CT molecular complexity index is 390. The van der Waals surface area contributed by atoms with Crippen LogP contribution >= 0.6 is 34.2 Å². The molecular weight excluding hydrogens is 330 g/mol. The molecule has 1 N–H and O–H groups in total. The monoisotopic (exact) mass is 338 g/mol. The van der Waals surface area contributed by atoms with Crippen LogP contribution in [0.1, 0.15) is 10.4 Å². The summed E-state index contributed by atoms with van der Waals surface area (Å²) in [5.74, 6) is -0.422. The fourth-order valence-corrected chi connectivity index (χ4v) is 1.49. The van der Waals surface area contributed by atoms with E-state index in [2.05, 4.69) is 22.6 Å². The third-order valence-electron chi connectivity index (χ3n) is 1.60. The molecule has 0 aliphatic heterocycles. The minimum atomic E-state index is -0.968. The van der Waals surface area contributed by atoms with Gasteiger partial charge in [0.15, 0.2) is 0 Å². The summed E-state index contributed by atoms with van der Waals surface area (Å²) in [6.07, 6.45) is 1.63. The molecule has 0 saturated carbocycles. The van der Waals surface area contributed by atoms with E-state index in [9.17, 15) is 4.79 Å². The molecule has 0 aliphatic carbocycles. The Morgan fingerprint density at radius 1 is 1.60 bits per heavy atom. The highest BCUT2D eigenvalue weighted by atomic mass is 127. The Morgan fingerprint density at radius 2 is 2.33 bits per heavy atom. The van der Waals surface area contributed by atoms with Gasteiger partial charge < -0.3 is 9.84 Å². The maximum absolute atomic E-state index is 10.7. The second-order valence-electron chi connectivity index (χ2n) is 2.62. The van der Waals surface area contributed by atoms with Crippen molar-refractivity contribution < 1.29 is 14.6 Å². The quantitative estimate of drug-likeness (QED) is 0.858. The fraction of sp³-hybridized carbons (Fsp3) is 0.100. The second kappa shape index (κ2) is 5.97. The molecule has 5 heteroatoms. The molecule has 0 radical (unpaired) electrons. The number of aromatic carboxylic acids is 1. The van der Waals surface area contributed by atoms with Gasteiger partial charge in [-0.25, -0.2) is 4.79 Å². The summed E-state index contributed by atoms with van der Waals surface area (Å²) in [7, 11) is 0. The highest BCUT2D eigenvalue weighted by Gasteiger charge is 2.07. The molecule has 0 heterocycles. The van der Waals surface area contributed by atoms with Crippen LogP contribution in [0.25, 0.3) is 0 Å². The Hall–Kier alpha value is -0.750. The lowest BCUT2D eigenvalue weighted by molar-refractivity contribution is 0.0696. The van der Waals surface area contributed by atoms with Crippen LogP contribution < -0.4 is 4.74 Å². The molecule has 0 atom stereocenters. The highest BCUT2D eigenvalue weighted by Crippen LogP contribution is 2.22. The number of carboxylic acids is 1. The maximum Gasteiger partial charge on any atom is 0.335 e. The van der Waals surface area contributed by atoms with Crippen LogP contribution in [-0.4, -0.2) is 17.7 Å². The highest BCUT2D eigenvalue weighted by molar-refractivity contribution is 14.1. The van der Waals surface area contributed by atoms with Gasteiger partial charge in [0.1, 0.15) is 12.4 Å². The van der Waals surface area contributed by atoms with Crippen molar-refractivity contribution in [3.05, 3.63) is 38.9 Å². The first-order chi connectivity index (χ1) is 7.15. The number of halogens is 2. The van der Waals surface area contributed by atoms with Crippen molar-refractivity contribution in [1.29, 1.82) is 0 Å². The van der Waals surface area contributed by atoms with E-state index in [0.29, 0.717) is 12.4 Å². The van der Waals surface area contributed by atoms with Gasteiger partial charge in [0, 0.05) is 5.54 Å². The minimum Gasteiger partial charge on any atom is -0.488 e. The minimum absolute atomic E-state index is 0.209. The third-order valence-corrected chi connectivity index (χ3v) is 2.67. The van der Waals surface area contributed by atoms with Crippen LogP contribution in [0.15, 0.2) is 29.8 Å². The number of hydrogen-bond donors (Lipinski definition) is 1. The molecule has 80 valence electrons. The molecule has 15 heavy (non-hydrogen) atoms. The molecule has 0 unspecified atom stereocenters. The van der Waals surface area contributed by atoms with Crippen LogP contribution in [0, 0.1) is 3.57 Å². The summed E-state index contributed by atoms with van der Waals surface area (Å²) < 4.78 is 6.19. The lowest BCUT2D eigenvalue weighted by atomic mass is 10.2. The van der Waals surface area contributed by atoms with Gasteiger partial charge in [-0.1, -0.05) is 11.6 Å². The van der Waals surface area contributed by atoms with E-state index in [1.54, 1.807) is 12.1 Å². The van der Waals surface area contributed by atoms with Crippen molar-refractivity contribution in [1.82, 2.24) is 0 Å². The zero-order chi connectivity index (χ0) is 11.3. The molecule has 3 nitrogen and oxygen atoms in total. The van der Waals surface area contributed by atoms with E-state index < -0.39 is 5.97 Å². The largest absolute Gasteiger partial charge is 0.488 e. The maximum atomic E-state index is 10.7. The van der Waals surface area contributed by atoms with Crippen LogP contribution in [-0.2, 0) is 0 Å². The molecule has 1 aromatic carbocycles. The van der Waals surface area contributed by atoms with E-state index in [0.717, 1.165) is 3.57 Å². The van der Waals surface area contributed by atoms with Crippen molar-refractivity contribution in [3.8, 4) is 5.75 Å². The first-order valence-electron chi connectivity index (χ1n) is 4.06. The molecule has 1 rings (SSSR count). The molecule has 0 spiro atoms. The van der Waals surface area contributed by atoms with E-state index >= 15 is 0 Å². The Kier molecular flexibility index (Phi) is 4.90. The zero-order valence-electron chi connectivity index (χ0n) is 7.61. The number of hydrogen-bond acceptors (Lipinski definition) is 2. The van der Waals surface area contributed by atoms with Gasteiger partial charge in [0.2, 0.25) is 0 Å². The lowest BCUT2D eigenvalue weighted by Gasteiger charge is -2.06. The molecule has 0 bridgehead atoms. The van der Waals surface area contributed by atoms with E-state index in [-0.39, 0.29) is 5.56 Å². The van der Waals surface area contributed by atoms with Crippen LogP contribution in [0.3, 0.4) is 0 Å². The third kappa shape index (κ3) is 3.71. The first-order valence-corrected chi connectivity index (χ1v) is 5.57.